The lowest BCUT2D eigenvalue weighted by molar-refractivity contribution is 0.0933. The first-order valence-corrected chi connectivity index (χ1v) is 7.75. The Morgan fingerprint density at radius 3 is 2.96 bits per heavy atom. The van der Waals surface area contributed by atoms with Gasteiger partial charge in [-0.25, -0.2) is 9.78 Å². The SMILES string of the molecule is O=C(NC[C@H]1Cc2ccccc2O1)c1cnc2[nH]c(=O)[nH]c(=O)c2c1. The van der Waals surface area contributed by atoms with Crippen LogP contribution in [0.15, 0.2) is 46.1 Å². The maximum atomic E-state index is 12.3. The van der Waals surface area contributed by atoms with Gasteiger partial charge in [-0.1, -0.05) is 18.2 Å². The number of carbonyl (C=O) groups excluding carboxylic acids is 1. The number of pyridine rings is 1. The number of aromatic nitrogens is 3. The lowest BCUT2D eigenvalue weighted by Gasteiger charge is -2.12. The van der Waals surface area contributed by atoms with Crippen molar-refractivity contribution in [2.75, 3.05) is 6.54 Å². The number of para-hydroxylation sites is 1. The number of fused-ring (bicyclic) bond motifs is 2. The van der Waals surface area contributed by atoms with Crippen molar-refractivity contribution in [1.82, 2.24) is 20.3 Å². The fraction of sp³-hybridized carbons (Fsp3) is 0.176. The summed E-state index contributed by atoms with van der Waals surface area (Å²) in [5.74, 6) is 0.476. The summed E-state index contributed by atoms with van der Waals surface area (Å²) < 4.78 is 5.77. The Balaban J connectivity index is 1.48. The molecule has 1 aliphatic heterocycles. The predicted octanol–water partition coefficient (Wildman–Crippen LogP) is 0.345. The summed E-state index contributed by atoms with van der Waals surface area (Å²) in [6.45, 7) is 0.341. The van der Waals surface area contributed by atoms with Crippen LogP contribution < -0.4 is 21.3 Å². The standard InChI is InChI=1S/C17H14N4O4/c22-15(19-8-11-5-9-3-1-2-4-13(9)25-11)10-6-12-14(18-7-10)20-17(24)21-16(12)23/h1-4,6-7,11H,5,8H2,(H,19,22)(H2,18,20,21,23,24)/t11-/m1/s1. The minimum atomic E-state index is -0.639. The van der Waals surface area contributed by atoms with Crippen LogP contribution in [0.5, 0.6) is 5.75 Å². The first-order valence-electron chi connectivity index (χ1n) is 7.75. The van der Waals surface area contributed by atoms with Gasteiger partial charge in [-0.3, -0.25) is 19.6 Å². The van der Waals surface area contributed by atoms with Gasteiger partial charge in [-0.05, 0) is 17.7 Å². The van der Waals surface area contributed by atoms with Gasteiger partial charge in [-0.2, -0.15) is 0 Å². The topological polar surface area (TPSA) is 117 Å². The molecule has 0 saturated carbocycles. The van der Waals surface area contributed by atoms with Crippen LogP contribution in [-0.4, -0.2) is 33.5 Å². The van der Waals surface area contributed by atoms with Gasteiger partial charge in [0.05, 0.1) is 17.5 Å². The molecule has 0 aliphatic carbocycles. The number of nitrogens with zero attached hydrogens (tertiary/aromatic N) is 1. The molecular weight excluding hydrogens is 324 g/mol. The predicted molar refractivity (Wildman–Crippen MR) is 89.9 cm³/mol. The van der Waals surface area contributed by atoms with E-state index in [1.54, 1.807) is 0 Å². The van der Waals surface area contributed by atoms with Crippen molar-refractivity contribution >= 4 is 16.9 Å². The maximum Gasteiger partial charge on any atom is 0.327 e. The number of hydrogen-bond acceptors (Lipinski definition) is 5. The number of H-pyrrole nitrogens is 2. The molecule has 1 aromatic carbocycles. The second kappa shape index (κ2) is 5.90. The molecule has 0 radical (unpaired) electrons. The molecule has 0 saturated heterocycles. The zero-order chi connectivity index (χ0) is 17.4. The van der Waals surface area contributed by atoms with E-state index in [1.165, 1.54) is 12.3 Å². The molecule has 2 aromatic heterocycles. The second-order valence-corrected chi connectivity index (χ2v) is 5.79. The smallest absolute Gasteiger partial charge is 0.327 e. The van der Waals surface area contributed by atoms with Crippen molar-refractivity contribution in [3.05, 3.63) is 68.5 Å². The molecule has 126 valence electrons. The first-order chi connectivity index (χ1) is 12.1. The number of benzene rings is 1. The number of hydrogen-bond donors (Lipinski definition) is 3. The van der Waals surface area contributed by atoms with Gasteiger partial charge in [-0.15, -0.1) is 0 Å². The third-order valence-corrected chi connectivity index (χ3v) is 4.06. The van der Waals surface area contributed by atoms with E-state index in [1.807, 2.05) is 24.3 Å². The van der Waals surface area contributed by atoms with E-state index in [0.717, 1.165) is 17.7 Å². The van der Waals surface area contributed by atoms with Crippen LogP contribution in [0.1, 0.15) is 15.9 Å². The fourth-order valence-electron chi connectivity index (χ4n) is 2.85. The van der Waals surface area contributed by atoms with Gasteiger partial charge in [0.15, 0.2) is 0 Å². The van der Waals surface area contributed by atoms with Crippen LogP contribution in [0.3, 0.4) is 0 Å². The highest BCUT2D eigenvalue weighted by Crippen LogP contribution is 2.27. The van der Waals surface area contributed by atoms with Crippen LogP contribution in [0, 0.1) is 0 Å². The summed E-state index contributed by atoms with van der Waals surface area (Å²) in [6, 6.07) is 9.15. The Kier molecular flexibility index (Phi) is 3.57. The normalized spacial score (nSPS) is 15.6. The Morgan fingerprint density at radius 2 is 2.12 bits per heavy atom. The van der Waals surface area contributed by atoms with Gasteiger partial charge >= 0.3 is 5.69 Å². The van der Waals surface area contributed by atoms with Gasteiger partial charge in [0.1, 0.15) is 17.5 Å². The molecule has 1 amide bonds. The van der Waals surface area contributed by atoms with Crippen molar-refractivity contribution < 1.29 is 9.53 Å². The number of nitrogens with one attached hydrogen (secondary N) is 3. The highest BCUT2D eigenvalue weighted by Gasteiger charge is 2.23. The highest BCUT2D eigenvalue weighted by molar-refractivity contribution is 5.96. The molecule has 1 atom stereocenters. The van der Waals surface area contributed by atoms with E-state index in [4.69, 9.17) is 4.74 Å². The van der Waals surface area contributed by atoms with E-state index >= 15 is 0 Å². The Bertz CT molecular complexity index is 1060. The molecule has 0 spiro atoms. The number of amides is 1. The lowest BCUT2D eigenvalue weighted by atomic mass is 10.1. The second-order valence-electron chi connectivity index (χ2n) is 5.79. The lowest BCUT2D eigenvalue weighted by Crippen LogP contribution is -2.34. The average molecular weight is 338 g/mol. The summed E-state index contributed by atoms with van der Waals surface area (Å²) >= 11 is 0. The van der Waals surface area contributed by atoms with Gasteiger partial charge in [0, 0.05) is 12.6 Å². The van der Waals surface area contributed by atoms with Crippen LogP contribution in [-0.2, 0) is 6.42 Å². The number of aromatic amines is 2. The van der Waals surface area contributed by atoms with Crippen molar-refractivity contribution in [2.24, 2.45) is 0 Å². The minimum absolute atomic E-state index is 0.130. The molecule has 25 heavy (non-hydrogen) atoms. The molecule has 8 heteroatoms. The molecule has 0 fully saturated rings. The van der Waals surface area contributed by atoms with Gasteiger partial charge < -0.3 is 10.1 Å². The molecule has 0 unspecified atom stereocenters. The van der Waals surface area contributed by atoms with E-state index in [9.17, 15) is 14.4 Å². The van der Waals surface area contributed by atoms with Gasteiger partial charge in [0.25, 0.3) is 11.5 Å². The van der Waals surface area contributed by atoms with E-state index < -0.39 is 11.2 Å². The minimum Gasteiger partial charge on any atom is -0.488 e. The Labute approximate surface area is 140 Å². The molecule has 4 rings (SSSR count). The molecule has 8 nitrogen and oxygen atoms in total. The number of rotatable bonds is 3. The van der Waals surface area contributed by atoms with Crippen molar-refractivity contribution in [3.8, 4) is 5.75 Å². The van der Waals surface area contributed by atoms with Crippen molar-refractivity contribution in [1.29, 1.82) is 0 Å². The molecule has 0 bridgehead atoms. The Morgan fingerprint density at radius 1 is 1.28 bits per heavy atom. The van der Waals surface area contributed by atoms with E-state index in [0.29, 0.717) is 6.54 Å². The highest BCUT2D eigenvalue weighted by atomic mass is 16.5. The largest absolute Gasteiger partial charge is 0.488 e. The van der Waals surface area contributed by atoms with Crippen molar-refractivity contribution in [2.45, 2.75) is 12.5 Å². The van der Waals surface area contributed by atoms with Crippen LogP contribution in [0.2, 0.25) is 0 Å². The van der Waals surface area contributed by atoms with Crippen LogP contribution >= 0.6 is 0 Å². The molecule has 3 N–H and O–H groups in total. The number of ether oxygens (including phenoxy) is 1. The summed E-state index contributed by atoms with van der Waals surface area (Å²) in [6.07, 6.45) is 1.92. The first kappa shape index (κ1) is 15.1. The molecule has 3 heterocycles. The average Bonchev–Trinajstić information content (AvgIpc) is 3.02. The summed E-state index contributed by atoms with van der Waals surface area (Å²) in [5, 5.41) is 2.93. The number of carbonyl (C=O) groups is 1. The Hall–Kier alpha value is -3.42. The van der Waals surface area contributed by atoms with E-state index in [-0.39, 0.29) is 28.6 Å². The zero-order valence-corrected chi connectivity index (χ0v) is 13.0. The third-order valence-electron chi connectivity index (χ3n) is 4.06. The fourth-order valence-corrected chi connectivity index (χ4v) is 2.85. The van der Waals surface area contributed by atoms with Crippen LogP contribution in [0.4, 0.5) is 0 Å². The molecular formula is C17H14N4O4. The summed E-state index contributed by atoms with van der Waals surface area (Å²) in [5.41, 5.74) is 0.265. The zero-order valence-electron chi connectivity index (χ0n) is 13.0. The maximum absolute atomic E-state index is 12.3. The summed E-state index contributed by atoms with van der Waals surface area (Å²) in [4.78, 5) is 43.8. The van der Waals surface area contributed by atoms with Crippen LogP contribution in [0.25, 0.3) is 11.0 Å². The van der Waals surface area contributed by atoms with E-state index in [2.05, 4.69) is 20.3 Å². The molecule has 3 aromatic rings. The third kappa shape index (κ3) is 2.89. The summed E-state index contributed by atoms with van der Waals surface area (Å²) in [7, 11) is 0. The monoisotopic (exact) mass is 338 g/mol. The van der Waals surface area contributed by atoms with Gasteiger partial charge in [0.2, 0.25) is 0 Å². The van der Waals surface area contributed by atoms with Crippen molar-refractivity contribution in [3.63, 3.8) is 0 Å². The molecule has 1 aliphatic rings. The quantitative estimate of drug-likeness (QED) is 0.637.